The normalized spacial score (nSPS) is 14.7. The van der Waals surface area contributed by atoms with Crippen molar-refractivity contribution in [1.82, 2.24) is 0 Å². The van der Waals surface area contributed by atoms with Crippen LogP contribution in [0.5, 0.6) is 0 Å². The molecule has 10 heavy (non-hydrogen) atoms. The lowest BCUT2D eigenvalue weighted by Gasteiger charge is -2.01. The monoisotopic (exact) mass is 149 g/mol. The maximum Gasteiger partial charge on any atom is 0.327 e. The molecule has 0 aromatic heterocycles. The molecule has 0 radical (unpaired) electrons. The second kappa shape index (κ2) is 3.62. The van der Waals surface area contributed by atoms with E-state index in [2.05, 4.69) is 5.28 Å². The van der Waals surface area contributed by atoms with Crippen molar-refractivity contribution in [2.45, 2.75) is 6.04 Å². The molecule has 0 amide bonds. The molecule has 0 aliphatic rings. The molecular formula is C3H7N3O4. The maximum atomic E-state index is 10.1. The number of carboxylic acids is 1. The lowest BCUT2D eigenvalue weighted by Crippen LogP contribution is -2.37. The molecule has 0 fully saturated rings. The molecule has 1 atom stereocenters. The molecule has 0 aromatic rings. The first kappa shape index (κ1) is 8.63. The number of nitrogens with zero attached hydrogens (tertiary/aromatic N) is 2. The molecule has 7 nitrogen and oxygen atoms in total. The molecule has 0 saturated heterocycles. The quantitative estimate of drug-likeness (QED) is 0.263. The van der Waals surface area contributed by atoms with Crippen LogP contribution in [0.1, 0.15) is 0 Å². The first-order valence-corrected chi connectivity index (χ1v) is 2.36. The van der Waals surface area contributed by atoms with Crippen molar-refractivity contribution in [2.24, 2.45) is 11.0 Å². The van der Waals surface area contributed by atoms with Crippen LogP contribution in [0.25, 0.3) is 0 Å². The zero-order valence-corrected chi connectivity index (χ0v) is 4.97. The van der Waals surface area contributed by atoms with Gasteiger partial charge in [-0.2, -0.15) is 0 Å². The van der Waals surface area contributed by atoms with Crippen LogP contribution in [0.2, 0.25) is 0 Å². The molecule has 0 saturated carbocycles. The Hall–Kier alpha value is -1.37. The zero-order valence-electron chi connectivity index (χ0n) is 4.97. The van der Waals surface area contributed by atoms with Gasteiger partial charge >= 0.3 is 5.97 Å². The lowest BCUT2D eigenvalue weighted by molar-refractivity contribution is -0.556. The van der Waals surface area contributed by atoms with Crippen LogP contribution in [0, 0.1) is 5.21 Å². The summed E-state index contributed by atoms with van der Waals surface area (Å²) in [5.74, 6) is -1.32. The Kier molecular flexibility index (Phi) is 3.12. The largest absolute Gasteiger partial charge is 0.597 e. The van der Waals surface area contributed by atoms with Gasteiger partial charge in [-0.1, -0.05) is 4.86 Å². The molecule has 4 N–H and O–H groups in total. The van der Waals surface area contributed by atoms with Crippen LogP contribution in [0.3, 0.4) is 0 Å². The third kappa shape index (κ3) is 2.82. The number of rotatable bonds is 3. The fourth-order valence-corrected chi connectivity index (χ4v) is 0.283. The summed E-state index contributed by atoms with van der Waals surface area (Å²) in [4.78, 5) is 9.73. The average Bonchev–Trinajstić information content (AvgIpc) is 1.87. The van der Waals surface area contributed by atoms with Gasteiger partial charge in [0.15, 0.2) is 11.3 Å². The van der Waals surface area contributed by atoms with E-state index in [4.69, 9.17) is 16.0 Å². The summed E-state index contributed by atoms with van der Waals surface area (Å²) in [5.41, 5.74) is 4.88. The van der Waals surface area contributed by atoms with Gasteiger partial charge in [-0.05, 0) is 0 Å². The van der Waals surface area contributed by atoms with Gasteiger partial charge in [0.05, 0.1) is 0 Å². The predicted molar refractivity (Wildman–Crippen MR) is 28.3 cm³/mol. The third-order valence-electron chi connectivity index (χ3n) is 0.770. The molecule has 58 valence electrons. The van der Waals surface area contributed by atoms with Gasteiger partial charge < -0.3 is 21.3 Å². The van der Waals surface area contributed by atoms with Crippen molar-refractivity contribution < 1.29 is 20.0 Å². The van der Waals surface area contributed by atoms with Gasteiger partial charge in [-0.25, -0.2) is 0 Å². The topological polar surface area (TPSA) is 122 Å². The first-order chi connectivity index (χ1) is 4.57. The van der Waals surface area contributed by atoms with Crippen molar-refractivity contribution >= 4 is 5.97 Å². The van der Waals surface area contributed by atoms with Gasteiger partial charge in [0.25, 0.3) is 0 Å². The first-order valence-electron chi connectivity index (χ1n) is 2.36. The Morgan fingerprint density at radius 3 is 2.70 bits per heavy atom. The van der Waals surface area contributed by atoms with Crippen LogP contribution in [-0.4, -0.2) is 33.7 Å². The van der Waals surface area contributed by atoms with E-state index in [1.165, 1.54) is 0 Å². The minimum Gasteiger partial charge on any atom is -0.597 e. The number of hydrogen-bond donors (Lipinski definition) is 3. The number of aliphatic carboxylic acids is 1. The maximum absolute atomic E-state index is 10.1. The predicted octanol–water partition coefficient (Wildman–Crippen LogP) is -1.25. The van der Waals surface area contributed by atoms with E-state index in [0.717, 1.165) is 0 Å². The molecule has 0 unspecified atom stereocenters. The number of carbonyl (C=O) groups is 1. The molecule has 0 heterocycles. The van der Waals surface area contributed by atoms with Crippen LogP contribution in [-0.2, 0) is 4.79 Å². The molecule has 0 aliphatic carbocycles. The summed E-state index contributed by atoms with van der Waals surface area (Å²) in [6, 6.07) is -1.33. The summed E-state index contributed by atoms with van der Waals surface area (Å²) in [6.07, 6.45) is 0. The standard InChI is InChI=1S/C3H7N3O4/c4-2(3(7)8)1-6(10)5-9/h2,9H,1,4H2,(H,7,8)/t2-/m0/s1. The van der Waals surface area contributed by atoms with Crippen molar-refractivity contribution in [2.75, 3.05) is 6.54 Å². The average molecular weight is 149 g/mol. The van der Waals surface area contributed by atoms with Crippen molar-refractivity contribution in [3.63, 3.8) is 0 Å². The summed E-state index contributed by atoms with van der Waals surface area (Å²) in [6.45, 7) is -0.564. The molecule has 0 spiro atoms. The highest BCUT2D eigenvalue weighted by atomic mass is 16.6. The smallest absolute Gasteiger partial charge is 0.327 e. The fourth-order valence-electron chi connectivity index (χ4n) is 0.283. The van der Waals surface area contributed by atoms with Crippen molar-refractivity contribution in [3.05, 3.63) is 5.21 Å². The third-order valence-corrected chi connectivity index (χ3v) is 0.770. The van der Waals surface area contributed by atoms with Gasteiger partial charge in [0.1, 0.15) is 0 Å². The van der Waals surface area contributed by atoms with Crippen LogP contribution in [0.4, 0.5) is 0 Å². The Labute approximate surface area is 55.9 Å². The summed E-state index contributed by atoms with van der Waals surface area (Å²) < 4.78 is 0. The lowest BCUT2D eigenvalue weighted by atomic mass is 10.3. The van der Waals surface area contributed by atoms with Crippen molar-refractivity contribution in [1.29, 1.82) is 0 Å². The van der Waals surface area contributed by atoms with E-state index in [1.54, 1.807) is 0 Å². The van der Waals surface area contributed by atoms with E-state index >= 15 is 0 Å². The minimum atomic E-state index is -1.33. The van der Waals surface area contributed by atoms with E-state index in [-0.39, 0.29) is 4.86 Å². The number of nitrogens with two attached hydrogens (primary N) is 1. The second-order valence-electron chi connectivity index (χ2n) is 1.57. The molecule has 0 rings (SSSR count). The van der Waals surface area contributed by atoms with Gasteiger partial charge in [0, 0.05) is 0 Å². The number of hydrogen-bond acceptors (Lipinski definition) is 4. The summed E-state index contributed by atoms with van der Waals surface area (Å²) >= 11 is 0. The summed E-state index contributed by atoms with van der Waals surface area (Å²) in [7, 11) is 0. The molecule has 0 aliphatic heterocycles. The Morgan fingerprint density at radius 1 is 1.90 bits per heavy atom. The van der Waals surface area contributed by atoms with Gasteiger partial charge in [-0.15, -0.1) is 0 Å². The summed E-state index contributed by atoms with van der Waals surface area (Å²) in [5, 5.41) is 28.1. The van der Waals surface area contributed by atoms with E-state index < -0.39 is 18.6 Å². The molecule has 7 heteroatoms. The Balaban J connectivity index is 3.80. The highest BCUT2D eigenvalue weighted by molar-refractivity contribution is 5.73. The van der Waals surface area contributed by atoms with E-state index in [9.17, 15) is 10.0 Å². The number of carboxylic acid groups (broad SMARTS) is 1. The second-order valence-corrected chi connectivity index (χ2v) is 1.57. The van der Waals surface area contributed by atoms with E-state index in [1.807, 2.05) is 0 Å². The highest BCUT2D eigenvalue weighted by Gasteiger charge is 2.16. The number of hydroxylamine groups is 1. The fraction of sp³-hybridized carbons (Fsp3) is 0.667. The van der Waals surface area contributed by atoms with Gasteiger partial charge in [-0.3, -0.25) is 4.79 Å². The zero-order chi connectivity index (χ0) is 8.15. The molecule has 0 bridgehead atoms. The van der Waals surface area contributed by atoms with Gasteiger partial charge in [0.2, 0.25) is 6.54 Å². The van der Waals surface area contributed by atoms with Crippen LogP contribution in [0.15, 0.2) is 5.28 Å². The highest BCUT2D eigenvalue weighted by Crippen LogP contribution is 1.80. The molecular weight excluding hydrogens is 142 g/mol. The Bertz CT molecular complexity index is 156. The van der Waals surface area contributed by atoms with Crippen LogP contribution < -0.4 is 5.73 Å². The minimum absolute atomic E-state index is 0.210. The van der Waals surface area contributed by atoms with E-state index in [0.29, 0.717) is 0 Å². The molecule has 0 aromatic carbocycles. The SMILES string of the molecule is N[C@@H](C[N+]([O-])=NO)C(=O)O. The van der Waals surface area contributed by atoms with Crippen molar-refractivity contribution in [3.8, 4) is 0 Å². The van der Waals surface area contributed by atoms with Crippen LogP contribution >= 0.6 is 0 Å². The Morgan fingerprint density at radius 2 is 2.40 bits per heavy atom.